The Morgan fingerprint density at radius 3 is 2.62 bits per heavy atom. The number of esters is 1. The zero-order valence-corrected chi connectivity index (χ0v) is 15.3. The zero-order chi connectivity index (χ0) is 17.4. The van der Waals surface area contributed by atoms with E-state index >= 15 is 0 Å². The SMILES string of the molecule is O=C(COC(=O)c1cc(Br)ccc1Cl)NCCCc1ccccc1. The lowest BCUT2D eigenvalue weighted by atomic mass is 10.1. The van der Waals surface area contributed by atoms with Crippen LogP contribution in [0.5, 0.6) is 0 Å². The zero-order valence-electron chi connectivity index (χ0n) is 12.9. The largest absolute Gasteiger partial charge is 0.452 e. The van der Waals surface area contributed by atoms with Crippen LogP contribution in [0.25, 0.3) is 0 Å². The van der Waals surface area contributed by atoms with Gasteiger partial charge in [0, 0.05) is 11.0 Å². The highest BCUT2D eigenvalue weighted by molar-refractivity contribution is 9.10. The van der Waals surface area contributed by atoms with E-state index in [1.807, 2.05) is 30.3 Å². The quantitative estimate of drug-likeness (QED) is 0.554. The number of carbonyl (C=O) groups excluding carboxylic acids is 2. The van der Waals surface area contributed by atoms with E-state index in [2.05, 4.69) is 21.2 Å². The Morgan fingerprint density at radius 2 is 1.88 bits per heavy atom. The highest BCUT2D eigenvalue weighted by Gasteiger charge is 2.14. The first-order valence-electron chi connectivity index (χ1n) is 7.49. The van der Waals surface area contributed by atoms with Gasteiger partial charge >= 0.3 is 5.97 Å². The van der Waals surface area contributed by atoms with Crippen LogP contribution in [0, 0.1) is 0 Å². The van der Waals surface area contributed by atoms with Crippen molar-refractivity contribution in [3.8, 4) is 0 Å². The maximum absolute atomic E-state index is 11.9. The summed E-state index contributed by atoms with van der Waals surface area (Å²) in [6, 6.07) is 14.9. The van der Waals surface area contributed by atoms with Gasteiger partial charge in [0.2, 0.25) is 0 Å². The van der Waals surface area contributed by atoms with Crippen LogP contribution in [0.3, 0.4) is 0 Å². The molecule has 6 heteroatoms. The molecule has 2 aromatic carbocycles. The molecule has 0 heterocycles. The van der Waals surface area contributed by atoms with Gasteiger partial charge < -0.3 is 10.1 Å². The van der Waals surface area contributed by atoms with Crippen LogP contribution in [0.4, 0.5) is 0 Å². The van der Waals surface area contributed by atoms with Gasteiger partial charge in [0.1, 0.15) is 0 Å². The summed E-state index contributed by atoms with van der Waals surface area (Å²) >= 11 is 9.21. The molecule has 1 N–H and O–H groups in total. The van der Waals surface area contributed by atoms with Crippen molar-refractivity contribution in [1.82, 2.24) is 5.32 Å². The molecule has 0 aliphatic carbocycles. The van der Waals surface area contributed by atoms with Crippen molar-refractivity contribution in [1.29, 1.82) is 0 Å². The molecule has 0 radical (unpaired) electrons. The van der Waals surface area contributed by atoms with Crippen LogP contribution in [0.1, 0.15) is 22.3 Å². The molecule has 0 spiro atoms. The predicted molar refractivity (Wildman–Crippen MR) is 97.2 cm³/mol. The van der Waals surface area contributed by atoms with Gasteiger partial charge in [0.05, 0.1) is 10.6 Å². The van der Waals surface area contributed by atoms with Gasteiger partial charge in [0.15, 0.2) is 6.61 Å². The number of hydrogen-bond donors (Lipinski definition) is 1. The van der Waals surface area contributed by atoms with Crippen molar-refractivity contribution in [3.05, 3.63) is 69.2 Å². The normalized spacial score (nSPS) is 10.2. The number of carbonyl (C=O) groups is 2. The molecule has 126 valence electrons. The van der Waals surface area contributed by atoms with Gasteiger partial charge in [-0.2, -0.15) is 0 Å². The number of halogens is 2. The molecule has 0 saturated carbocycles. The third-order valence-electron chi connectivity index (χ3n) is 3.29. The molecular weight excluding hydrogens is 394 g/mol. The first-order valence-corrected chi connectivity index (χ1v) is 8.66. The molecule has 0 fully saturated rings. The van der Waals surface area contributed by atoms with Gasteiger partial charge in [-0.1, -0.05) is 57.9 Å². The summed E-state index contributed by atoms with van der Waals surface area (Å²) in [5, 5.41) is 3.01. The Kier molecular flexibility index (Phi) is 7.28. The number of benzene rings is 2. The summed E-state index contributed by atoms with van der Waals surface area (Å²) in [6.07, 6.45) is 1.70. The lowest BCUT2D eigenvalue weighted by Crippen LogP contribution is -2.29. The second-order valence-corrected chi connectivity index (χ2v) is 6.46. The van der Waals surface area contributed by atoms with Crippen molar-refractivity contribution in [2.75, 3.05) is 13.2 Å². The number of ether oxygens (including phenoxy) is 1. The maximum atomic E-state index is 11.9. The number of amides is 1. The van der Waals surface area contributed by atoms with Crippen molar-refractivity contribution in [3.63, 3.8) is 0 Å². The minimum atomic E-state index is -0.624. The molecule has 0 saturated heterocycles. The number of hydrogen-bond acceptors (Lipinski definition) is 3. The fourth-order valence-corrected chi connectivity index (χ4v) is 2.63. The average Bonchev–Trinajstić information content (AvgIpc) is 2.59. The number of aryl methyl sites for hydroxylation is 1. The van der Waals surface area contributed by atoms with Crippen LogP contribution in [-0.2, 0) is 16.0 Å². The first kappa shape index (κ1) is 18.5. The first-order chi connectivity index (χ1) is 11.6. The Hall–Kier alpha value is -1.85. The van der Waals surface area contributed by atoms with E-state index < -0.39 is 5.97 Å². The van der Waals surface area contributed by atoms with E-state index in [1.165, 1.54) is 5.56 Å². The molecule has 0 bridgehead atoms. The molecule has 0 aliphatic heterocycles. The van der Waals surface area contributed by atoms with Crippen LogP contribution >= 0.6 is 27.5 Å². The van der Waals surface area contributed by atoms with Crippen LogP contribution < -0.4 is 5.32 Å². The molecule has 0 atom stereocenters. The van der Waals surface area contributed by atoms with Gasteiger partial charge in [0.25, 0.3) is 5.91 Å². The minimum absolute atomic E-state index is 0.225. The molecule has 0 aliphatic rings. The fourth-order valence-electron chi connectivity index (χ4n) is 2.08. The molecule has 24 heavy (non-hydrogen) atoms. The maximum Gasteiger partial charge on any atom is 0.340 e. The van der Waals surface area contributed by atoms with E-state index in [-0.39, 0.29) is 23.1 Å². The number of nitrogens with one attached hydrogen (secondary N) is 1. The highest BCUT2D eigenvalue weighted by Crippen LogP contribution is 2.21. The summed E-state index contributed by atoms with van der Waals surface area (Å²) in [5.41, 5.74) is 1.45. The molecule has 2 aromatic rings. The van der Waals surface area contributed by atoms with Gasteiger partial charge in [-0.25, -0.2) is 4.79 Å². The van der Waals surface area contributed by atoms with Crippen molar-refractivity contribution >= 4 is 39.4 Å². The van der Waals surface area contributed by atoms with E-state index in [0.717, 1.165) is 12.8 Å². The summed E-state index contributed by atoms with van der Waals surface area (Å²) in [5.74, 6) is -0.955. The summed E-state index contributed by atoms with van der Waals surface area (Å²) in [6.45, 7) is 0.204. The lowest BCUT2D eigenvalue weighted by Gasteiger charge is -2.08. The topological polar surface area (TPSA) is 55.4 Å². The van der Waals surface area contributed by atoms with E-state index in [0.29, 0.717) is 11.0 Å². The Morgan fingerprint density at radius 1 is 1.12 bits per heavy atom. The second-order valence-electron chi connectivity index (χ2n) is 5.14. The monoisotopic (exact) mass is 409 g/mol. The molecule has 1 amide bonds. The average molecular weight is 411 g/mol. The van der Waals surface area contributed by atoms with Gasteiger partial charge in [-0.15, -0.1) is 0 Å². The molecule has 0 aromatic heterocycles. The molecule has 4 nitrogen and oxygen atoms in total. The third kappa shape index (κ3) is 5.98. The standard InChI is InChI=1S/C18H17BrClNO3/c19-14-8-9-16(20)15(11-14)18(23)24-12-17(22)21-10-4-7-13-5-2-1-3-6-13/h1-3,5-6,8-9,11H,4,7,10,12H2,(H,21,22). The lowest BCUT2D eigenvalue weighted by molar-refractivity contribution is -0.124. The van der Waals surface area contributed by atoms with Crippen molar-refractivity contribution < 1.29 is 14.3 Å². The smallest absolute Gasteiger partial charge is 0.340 e. The van der Waals surface area contributed by atoms with Crippen molar-refractivity contribution in [2.45, 2.75) is 12.8 Å². The molecule has 2 rings (SSSR count). The highest BCUT2D eigenvalue weighted by atomic mass is 79.9. The Bertz CT molecular complexity index is 707. The second kappa shape index (κ2) is 9.45. The number of rotatable bonds is 7. The summed E-state index contributed by atoms with van der Waals surface area (Å²) in [7, 11) is 0. The third-order valence-corrected chi connectivity index (χ3v) is 4.11. The van der Waals surface area contributed by atoms with E-state index in [1.54, 1.807) is 18.2 Å². The van der Waals surface area contributed by atoms with Crippen LogP contribution in [0.15, 0.2) is 53.0 Å². The molecular formula is C18H17BrClNO3. The van der Waals surface area contributed by atoms with Crippen LogP contribution in [0.2, 0.25) is 5.02 Å². The minimum Gasteiger partial charge on any atom is -0.452 e. The van der Waals surface area contributed by atoms with Gasteiger partial charge in [-0.05, 0) is 36.6 Å². The van der Waals surface area contributed by atoms with E-state index in [9.17, 15) is 9.59 Å². The predicted octanol–water partition coefficient (Wildman–Crippen LogP) is 4.01. The summed E-state index contributed by atoms with van der Waals surface area (Å²) < 4.78 is 5.70. The molecule has 0 unspecified atom stereocenters. The fraction of sp³-hybridized carbons (Fsp3) is 0.222. The van der Waals surface area contributed by atoms with E-state index in [4.69, 9.17) is 16.3 Å². The Balaban J connectivity index is 1.69. The van der Waals surface area contributed by atoms with Crippen molar-refractivity contribution in [2.24, 2.45) is 0 Å². The summed E-state index contributed by atoms with van der Waals surface area (Å²) in [4.78, 5) is 23.6. The van der Waals surface area contributed by atoms with Gasteiger partial charge in [-0.3, -0.25) is 4.79 Å². The Labute approximate surface area is 154 Å². The van der Waals surface area contributed by atoms with Crippen LogP contribution in [-0.4, -0.2) is 25.0 Å².